The standard InChI is InChI=1S/C21H21N3O2/c1-14(2)15-8-4-7-11-20(15)26-13-19(25)16(12-22)21-23-17-9-5-6-10-18(17)24(21)3/h4-11,14,16H,13H2,1-3H3. The lowest BCUT2D eigenvalue weighted by Gasteiger charge is -2.14. The fourth-order valence-corrected chi connectivity index (χ4v) is 3.02. The first-order valence-corrected chi connectivity index (χ1v) is 8.58. The van der Waals surface area contributed by atoms with Gasteiger partial charge in [0.1, 0.15) is 18.2 Å². The van der Waals surface area contributed by atoms with Crippen LogP contribution in [0.15, 0.2) is 48.5 Å². The van der Waals surface area contributed by atoms with Crippen molar-refractivity contribution in [3.05, 3.63) is 59.9 Å². The zero-order chi connectivity index (χ0) is 18.7. The second-order valence-corrected chi connectivity index (χ2v) is 6.53. The van der Waals surface area contributed by atoms with Crippen LogP contribution in [0.4, 0.5) is 0 Å². The molecule has 1 atom stereocenters. The fraction of sp³-hybridized carbons (Fsp3) is 0.286. The van der Waals surface area contributed by atoms with Crippen molar-refractivity contribution in [2.24, 2.45) is 7.05 Å². The molecule has 0 radical (unpaired) electrons. The monoisotopic (exact) mass is 347 g/mol. The highest BCUT2D eigenvalue weighted by Crippen LogP contribution is 2.27. The first-order valence-electron chi connectivity index (χ1n) is 8.58. The highest BCUT2D eigenvalue weighted by molar-refractivity contribution is 5.90. The number of nitriles is 1. The lowest BCUT2D eigenvalue weighted by Crippen LogP contribution is -2.22. The third-order valence-corrected chi connectivity index (χ3v) is 4.44. The third-order valence-electron chi connectivity index (χ3n) is 4.44. The molecule has 3 aromatic rings. The minimum absolute atomic E-state index is 0.162. The summed E-state index contributed by atoms with van der Waals surface area (Å²) in [6, 6.07) is 17.3. The van der Waals surface area contributed by atoms with Crippen LogP contribution in [0.1, 0.15) is 37.1 Å². The van der Waals surface area contributed by atoms with Crippen molar-refractivity contribution in [2.75, 3.05) is 6.61 Å². The summed E-state index contributed by atoms with van der Waals surface area (Å²) < 4.78 is 7.54. The van der Waals surface area contributed by atoms with E-state index >= 15 is 0 Å². The van der Waals surface area contributed by atoms with Gasteiger partial charge < -0.3 is 9.30 Å². The minimum atomic E-state index is -0.960. The number of aromatic nitrogens is 2. The number of hydrogen-bond acceptors (Lipinski definition) is 4. The molecule has 1 heterocycles. The quantitative estimate of drug-likeness (QED) is 0.677. The molecule has 5 heteroatoms. The van der Waals surface area contributed by atoms with Gasteiger partial charge in [-0.25, -0.2) is 4.98 Å². The topological polar surface area (TPSA) is 67.9 Å². The molecule has 2 aromatic carbocycles. The van der Waals surface area contributed by atoms with E-state index < -0.39 is 5.92 Å². The molecular weight excluding hydrogens is 326 g/mol. The number of carbonyl (C=O) groups is 1. The molecule has 1 unspecified atom stereocenters. The number of benzene rings is 2. The molecule has 1 aromatic heterocycles. The molecule has 0 amide bonds. The molecular formula is C21H21N3O2. The summed E-state index contributed by atoms with van der Waals surface area (Å²) in [6.07, 6.45) is 0. The molecule has 0 aliphatic carbocycles. The van der Waals surface area contributed by atoms with Gasteiger partial charge >= 0.3 is 0 Å². The van der Waals surface area contributed by atoms with E-state index in [1.165, 1.54) is 0 Å². The number of ether oxygens (including phenoxy) is 1. The summed E-state index contributed by atoms with van der Waals surface area (Å²) in [5.74, 6) is 0.146. The van der Waals surface area contributed by atoms with E-state index in [1.807, 2.05) is 55.6 Å². The van der Waals surface area contributed by atoms with E-state index in [0.29, 0.717) is 11.6 Å². The second kappa shape index (κ2) is 7.40. The third kappa shape index (κ3) is 3.31. The summed E-state index contributed by atoms with van der Waals surface area (Å²) in [5.41, 5.74) is 2.70. The van der Waals surface area contributed by atoms with Crippen molar-refractivity contribution in [1.29, 1.82) is 5.26 Å². The summed E-state index contributed by atoms with van der Waals surface area (Å²) in [6.45, 7) is 3.98. The van der Waals surface area contributed by atoms with Crippen LogP contribution in [0.25, 0.3) is 11.0 Å². The molecule has 0 saturated carbocycles. The van der Waals surface area contributed by atoms with Crippen LogP contribution in [0.5, 0.6) is 5.75 Å². The van der Waals surface area contributed by atoms with Gasteiger partial charge in [-0.2, -0.15) is 5.26 Å². The number of carbonyl (C=O) groups excluding carboxylic acids is 1. The smallest absolute Gasteiger partial charge is 0.194 e. The van der Waals surface area contributed by atoms with E-state index in [1.54, 1.807) is 4.57 Å². The number of hydrogen-bond donors (Lipinski definition) is 0. The normalized spacial score (nSPS) is 12.1. The van der Waals surface area contributed by atoms with Gasteiger partial charge in [0.25, 0.3) is 0 Å². The van der Waals surface area contributed by atoms with Crippen LogP contribution in [0, 0.1) is 11.3 Å². The van der Waals surface area contributed by atoms with Gasteiger partial charge in [0.15, 0.2) is 11.7 Å². The lowest BCUT2D eigenvalue weighted by atomic mass is 10.0. The van der Waals surface area contributed by atoms with Crippen LogP contribution in [0.2, 0.25) is 0 Å². The van der Waals surface area contributed by atoms with Crippen LogP contribution >= 0.6 is 0 Å². The first-order chi connectivity index (χ1) is 12.5. The van der Waals surface area contributed by atoms with Crippen LogP contribution in [0.3, 0.4) is 0 Å². The number of para-hydroxylation sites is 3. The number of Topliss-reactive ketones (excluding diaryl/α,β-unsaturated/α-hetero) is 1. The van der Waals surface area contributed by atoms with Crippen LogP contribution < -0.4 is 4.74 Å². The number of nitrogens with zero attached hydrogens (tertiary/aromatic N) is 3. The van der Waals surface area contributed by atoms with Crippen molar-refractivity contribution in [3.8, 4) is 11.8 Å². The molecule has 0 aliphatic rings. The van der Waals surface area contributed by atoms with Crippen molar-refractivity contribution < 1.29 is 9.53 Å². The number of aryl methyl sites for hydroxylation is 1. The molecule has 0 N–H and O–H groups in total. The molecule has 5 nitrogen and oxygen atoms in total. The van der Waals surface area contributed by atoms with Crippen molar-refractivity contribution in [2.45, 2.75) is 25.7 Å². The summed E-state index contributed by atoms with van der Waals surface area (Å²) in [5, 5.41) is 9.56. The largest absolute Gasteiger partial charge is 0.485 e. The summed E-state index contributed by atoms with van der Waals surface area (Å²) >= 11 is 0. The maximum Gasteiger partial charge on any atom is 0.194 e. The number of rotatable bonds is 6. The molecule has 3 rings (SSSR count). The number of fused-ring (bicyclic) bond motifs is 1. The fourth-order valence-electron chi connectivity index (χ4n) is 3.02. The highest BCUT2D eigenvalue weighted by atomic mass is 16.5. The van der Waals surface area contributed by atoms with Gasteiger partial charge in [0.05, 0.1) is 17.1 Å². The average molecular weight is 347 g/mol. The Bertz CT molecular complexity index is 982. The van der Waals surface area contributed by atoms with Crippen LogP contribution in [-0.2, 0) is 11.8 Å². The molecule has 0 fully saturated rings. The summed E-state index contributed by atoms with van der Waals surface area (Å²) in [7, 11) is 1.82. The van der Waals surface area contributed by atoms with E-state index in [9.17, 15) is 10.1 Å². The van der Waals surface area contributed by atoms with Gasteiger partial charge in [-0.3, -0.25) is 4.79 Å². The first kappa shape index (κ1) is 17.7. The van der Waals surface area contributed by atoms with E-state index in [-0.39, 0.29) is 18.3 Å². The Labute approximate surface area is 152 Å². The Morgan fingerprint density at radius 3 is 2.58 bits per heavy atom. The predicted molar refractivity (Wildman–Crippen MR) is 100 cm³/mol. The maximum absolute atomic E-state index is 12.7. The Balaban J connectivity index is 1.82. The van der Waals surface area contributed by atoms with Gasteiger partial charge in [-0.1, -0.05) is 44.2 Å². The van der Waals surface area contributed by atoms with E-state index in [2.05, 4.69) is 24.9 Å². The van der Waals surface area contributed by atoms with Crippen molar-refractivity contribution in [3.63, 3.8) is 0 Å². The van der Waals surface area contributed by atoms with E-state index in [4.69, 9.17) is 4.74 Å². The molecule has 0 bridgehead atoms. The average Bonchev–Trinajstić information content (AvgIpc) is 2.98. The SMILES string of the molecule is CC(C)c1ccccc1OCC(=O)C(C#N)c1nc2ccccc2n1C. The Hall–Kier alpha value is -3.13. The lowest BCUT2D eigenvalue weighted by molar-refractivity contribution is -0.121. The molecule has 26 heavy (non-hydrogen) atoms. The Morgan fingerprint density at radius 1 is 1.19 bits per heavy atom. The van der Waals surface area contributed by atoms with Crippen LogP contribution in [-0.4, -0.2) is 21.9 Å². The summed E-state index contributed by atoms with van der Waals surface area (Å²) in [4.78, 5) is 17.1. The van der Waals surface area contributed by atoms with Gasteiger partial charge in [0.2, 0.25) is 0 Å². The second-order valence-electron chi connectivity index (χ2n) is 6.53. The molecule has 0 saturated heterocycles. The Kier molecular flexibility index (Phi) is 5.04. The number of ketones is 1. The minimum Gasteiger partial charge on any atom is -0.485 e. The molecule has 0 aliphatic heterocycles. The molecule has 132 valence electrons. The van der Waals surface area contributed by atoms with Gasteiger partial charge in [-0.15, -0.1) is 0 Å². The zero-order valence-electron chi connectivity index (χ0n) is 15.1. The van der Waals surface area contributed by atoms with Crippen molar-refractivity contribution in [1.82, 2.24) is 9.55 Å². The Morgan fingerprint density at radius 2 is 1.88 bits per heavy atom. The number of imidazole rings is 1. The zero-order valence-corrected chi connectivity index (χ0v) is 15.1. The van der Waals surface area contributed by atoms with Gasteiger partial charge in [0, 0.05) is 7.05 Å². The van der Waals surface area contributed by atoms with Gasteiger partial charge in [-0.05, 0) is 29.7 Å². The maximum atomic E-state index is 12.7. The van der Waals surface area contributed by atoms with E-state index in [0.717, 1.165) is 16.6 Å². The predicted octanol–water partition coefficient (Wildman–Crippen LogP) is 3.95. The van der Waals surface area contributed by atoms with Crippen molar-refractivity contribution >= 4 is 16.8 Å². The highest BCUT2D eigenvalue weighted by Gasteiger charge is 2.26. The molecule has 0 spiro atoms.